The molecule has 1 aromatic carbocycles. The minimum absolute atomic E-state index is 0.304. The maximum Gasteiger partial charge on any atom is 0.361 e. The molecule has 0 aliphatic heterocycles. The molecule has 2 heterocycles. The Morgan fingerprint density at radius 2 is 1.93 bits per heavy atom. The number of nitrogens with zero attached hydrogens (tertiary/aromatic N) is 4. The Bertz CT molecular complexity index is 996. The number of anilines is 2. The van der Waals surface area contributed by atoms with Gasteiger partial charge in [0, 0.05) is 12.8 Å². The molecule has 0 fully saturated rings. The van der Waals surface area contributed by atoms with E-state index in [0.717, 1.165) is 5.69 Å². The number of nitrogens with two attached hydrogens (primary N) is 1. The van der Waals surface area contributed by atoms with Crippen LogP contribution in [0.15, 0.2) is 30.5 Å². The monoisotopic (exact) mass is 388 g/mol. The molecule has 1 atom stereocenters. The maximum absolute atomic E-state index is 12.5. The maximum atomic E-state index is 12.5. The molecule has 0 saturated heterocycles. The third-order valence-electron chi connectivity index (χ3n) is 3.79. The number of aryl methyl sites for hydroxylation is 1. The van der Waals surface area contributed by atoms with E-state index in [0.29, 0.717) is 47.0 Å². The van der Waals surface area contributed by atoms with Crippen molar-refractivity contribution in [3.63, 3.8) is 0 Å². The molecule has 0 bridgehead atoms. The van der Waals surface area contributed by atoms with E-state index < -0.39 is 7.60 Å². The van der Waals surface area contributed by atoms with Gasteiger partial charge in [-0.15, -0.1) is 0 Å². The number of hydrogen-bond acceptors (Lipinski definition) is 9. The van der Waals surface area contributed by atoms with Crippen molar-refractivity contribution in [2.24, 2.45) is 0 Å². The van der Waals surface area contributed by atoms with Crippen molar-refractivity contribution >= 4 is 35.6 Å². The van der Waals surface area contributed by atoms with Gasteiger partial charge in [0.05, 0.1) is 30.3 Å². The molecule has 2 aromatic heterocycles. The average molecular weight is 388 g/mol. The fourth-order valence-corrected chi connectivity index (χ4v) is 3.84. The van der Waals surface area contributed by atoms with Crippen LogP contribution in [0, 0.1) is 6.92 Å². The first-order valence-electron chi connectivity index (χ1n) is 8.35. The topological polar surface area (TPSA) is 125 Å². The second-order valence-corrected chi connectivity index (χ2v) is 7.82. The summed E-state index contributed by atoms with van der Waals surface area (Å²) in [5, 5.41) is 3.73. The number of hydrogen-bond donors (Lipinski definition) is 2. The summed E-state index contributed by atoms with van der Waals surface area (Å²) in [6, 6.07) is 7.02. The van der Waals surface area contributed by atoms with Gasteiger partial charge < -0.3 is 20.1 Å². The SMILES string of the molecule is CCOP(=O)(OC)c1ccc(NCc2cnc3nc(C)nc(N)c3n2)cc1. The molecule has 3 rings (SSSR count). The fraction of sp³-hybridized carbons (Fsp3) is 0.294. The van der Waals surface area contributed by atoms with Gasteiger partial charge in [-0.3, -0.25) is 4.57 Å². The molecule has 10 heteroatoms. The van der Waals surface area contributed by atoms with Gasteiger partial charge in [-0.2, -0.15) is 0 Å². The quantitative estimate of drug-likeness (QED) is 0.587. The highest BCUT2D eigenvalue weighted by Crippen LogP contribution is 2.45. The molecule has 3 N–H and O–H groups in total. The van der Waals surface area contributed by atoms with Gasteiger partial charge in [-0.25, -0.2) is 19.9 Å². The van der Waals surface area contributed by atoms with Gasteiger partial charge in [-0.1, -0.05) is 0 Å². The number of aromatic nitrogens is 4. The van der Waals surface area contributed by atoms with Crippen LogP contribution in [0.4, 0.5) is 11.5 Å². The van der Waals surface area contributed by atoms with Crippen LogP contribution in [0.2, 0.25) is 0 Å². The van der Waals surface area contributed by atoms with Crippen molar-refractivity contribution in [1.82, 2.24) is 19.9 Å². The van der Waals surface area contributed by atoms with Gasteiger partial charge in [0.1, 0.15) is 5.82 Å². The summed E-state index contributed by atoms with van der Waals surface area (Å²) in [5.41, 5.74) is 8.38. The zero-order valence-electron chi connectivity index (χ0n) is 15.3. The second kappa shape index (κ2) is 7.96. The molecule has 0 aliphatic carbocycles. The van der Waals surface area contributed by atoms with Gasteiger partial charge in [0.2, 0.25) is 0 Å². The Labute approximate surface area is 156 Å². The lowest BCUT2D eigenvalue weighted by Crippen LogP contribution is -2.10. The van der Waals surface area contributed by atoms with Crippen molar-refractivity contribution in [3.05, 3.63) is 42.0 Å². The first-order chi connectivity index (χ1) is 12.9. The van der Waals surface area contributed by atoms with Crippen LogP contribution in [0.5, 0.6) is 0 Å². The molecule has 0 amide bonds. The van der Waals surface area contributed by atoms with Gasteiger partial charge in [-0.05, 0) is 38.1 Å². The van der Waals surface area contributed by atoms with E-state index in [-0.39, 0.29) is 0 Å². The van der Waals surface area contributed by atoms with E-state index >= 15 is 0 Å². The number of benzene rings is 1. The highest BCUT2D eigenvalue weighted by atomic mass is 31.2. The Morgan fingerprint density at radius 3 is 2.59 bits per heavy atom. The molecule has 142 valence electrons. The van der Waals surface area contributed by atoms with E-state index in [1.165, 1.54) is 7.11 Å². The third kappa shape index (κ3) is 4.21. The fourth-order valence-electron chi connectivity index (χ4n) is 2.52. The van der Waals surface area contributed by atoms with Gasteiger partial charge >= 0.3 is 7.60 Å². The summed E-state index contributed by atoms with van der Waals surface area (Å²) >= 11 is 0. The minimum Gasteiger partial charge on any atom is -0.382 e. The summed E-state index contributed by atoms with van der Waals surface area (Å²) in [5.74, 6) is 0.864. The van der Waals surface area contributed by atoms with E-state index in [9.17, 15) is 4.57 Å². The summed E-state index contributed by atoms with van der Waals surface area (Å²) in [4.78, 5) is 17.1. The van der Waals surface area contributed by atoms with Crippen LogP contribution in [-0.2, 0) is 20.2 Å². The highest BCUT2D eigenvalue weighted by molar-refractivity contribution is 7.62. The predicted molar refractivity (Wildman–Crippen MR) is 104 cm³/mol. The van der Waals surface area contributed by atoms with Crippen LogP contribution in [0.3, 0.4) is 0 Å². The first-order valence-corrected chi connectivity index (χ1v) is 9.90. The largest absolute Gasteiger partial charge is 0.382 e. The van der Waals surface area contributed by atoms with E-state index in [1.54, 1.807) is 44.3 Å². The van der Waals surface area contributed by atoms with Gasteiger partial charge in [0.15, 0.2) is 17.0 Å². The Morgan fingerprint density at radius 1 is 1.19 bits per heavy atom. The van der Waals surface area contributed by atoms with Crippen molar-refractivity contribution in [2.75, 3.05) is 24.8 Å². The smallest absolute Gasteiger partial charge is 0.361 e. The lowest BCUT2D eigenvalue weighted by atomic mass is 10.3. The molecule has 0 saturated carbocycles. The molecule has 0 radical (unpaired) electrons. The summed E-state index contributed by atoms with van der Waals surface area (Å²) in [6.07, 6.45) is 1.64. The van der Waals surface area contributed by atoms with E-state index in [1.807, 2.05) is 0 Å². The third-order valence-corrected chi connectivity index (χ3v) is 5.80. The van der Waals surface area contributed by atoms with Crippen molar-refractivity contribution < 1.29 is 13.6 Å². The van der Waals surface area contributed by atoms with Crippen molar-refractivity contribution in [2.45, 2.75) is 20.4 Å². The Kier molecular flexibility index (Phi) is 5.65. The second-order valence-electron chi connectivity index (χ2n) is 5.69. The summed E-state index contributed by atoms with van der Waals surface area (Å²) in [6.45, 7) is 4.26. The zero-order chi connectivity index (χ0) is 19.4. The van der Waals surface area contributed by atoms with E-state index in [4.69, 9.17) is 14.8 Å². The molecule has 3 aromatic rings. The number of nitrogens with one attached hydrogen (secondary N) is 1. The number of nitrogen functional groups attached to an aromatic ring is 1. The Hall–Kier alpha value is -2.61. The number of fused-ring (bicyclic) bond motifs is 1. The van der Waals surface area contributed by atoms with Crippen molar-refractivity contribution in [3.8, 4) is 0 Å². The van der Waals surface area contributed by atoms with Crippen LogP contribution in [0.25, 0.3) is 11.2 Å². The predicted octanol–water partition coefficient (Wildman–Crippen LogP) is 2.42. The lowest BCUT2D eigenvalue weighted by Gasteiger charge is -2.16. The van der Waals surface area contributed by atoms with Crippen molar-refractivity contribution in [1.29, 1.82) is 0 Å². The normalized spacial score (nSPS) is 13.4. The lowest BCUT2D eigenvalue weighted by molar-refractivity contribution is 0.254. The molecule has 0 aliphatic rings. The van der Waals surface area contributed by atoms with Crippen LogP contribution in [0.1, 0.15) is 18.4 Å². The molecule has 9 nitrogen and oxygen atoms in total. The van der Waals surface area contributed by atoms with E-state index in [2.05, 4.69) is 25.3 Å². The molecular weight excluding hydrogens is 367 g/mol. The molecule has 0 spiro atoms. The first kappa shape index (κ1) is 19.2. The zero-order valence-corrected chi connectivity index (χ0v) is 16.2. The molecular formula is C17H21N6O3P. The van der Waals surface area contributed by atoms with Crippen LogP contribution >= 0.6 is 7.60 Å². The van der Waals surface area contributed by atoms with Gasteiger partial charge in [0.25, 0.3) is 0 Å². The average Bonchev–Trinajstić information content (AvgIpc) is 2.67. The number of rotatable bonds is 7. The highest BCUT2D eigenvalue weighted by Gasteiger charge is 2.25. The summed E-state index contributed by atoms with van der Waals surface area (Å²) < 4.78 is 22.9. The van der Waals surface area contributed by atoms with Crippen LogP contribution < -0.4 is 16.4 Å². The molecule has 27 heavy (non-hydrogen) atoms. The molecule has 1 unspecified atom stereocenters. The Balaban J connectivity index is 1.73. The van der Waals surface area contributed by atoms with Crippen LogP contribution in [-0.4, -0.2) is 33.7 Å². The summed E-state index contributed by atoms with van der Waals surface area (Å²) in [7, 11) is -1.89. The minimum atomic E-state index is -3.26. The standard InChI is InChI=1S/C17H21N6O3P/c1-4-26-27(24,25-3)14-7-5-12(6-8-14)19-9-13-10-20-17-15(23-13)16(18)21-11(2)22-17/h5-8,10,19H,4,9H2,1-3H3,(H2,18,20,21,22).